The highest BCUT2D eigenvalue weighted by atomic mass is 16.5. The first-order chi connectivity index (χ1) is 39.5. The Hall–Kier alpha value is -1.66. The average molecular weight is 1130 g/mol. The third-order valence-corrected chi connectivity index (χ3v) is 17.2. The van der Waals surface area contributed by atoms with E-state index in [-0.39, 0.29) is 18.5 Å². The van der Waals surface area contributed by atoms with Gasteiger partial charge in [0.2, 0.25) is 5.91 Å². The van der Waals surface area contributed by atoms with Gasteiger partial charge in [-0.2, -0.15) is 0 Å². The summed E-state index contributed by atoms with van der Waals surface area (Å²) in [5.74, 6) is -0.0523. The zero-order chi connectivity index (χ0) is 57.8. The summed E-state index contributed by atoms with van der Waals surface area (Å²) in [5.41, 5.74) is 0. The molecule has 0 aromatic heterocycles. The van der Waals surface area contributed by atoms with Crippen molar-refractivity contribution in [3.8, 4) is 0 Å². The van der Waals surface area contributed by atoms with Gasteiger partial charge in [-0.1, -0.05) is 366 Å². The summed E-state index contributed by atoms with van der Waals surface area (Å²) in [5, 5.41) is 23.3. The van der Waals surface area contributed by atoms with Gasteiger partial charge in [-0.25, -0.2) is 0 Å². The van der Waals surface area contributed by atoms with Crippen molar-refractivity contribution < 1.29 is 24.5 Å². The summed E-state index contributed by atoms with van der Waals surface area (Å²) >= 11 is 0. The summed E-state index contributed by atoms with van der Waals surface area (Å²) in [6, 6.07) is -0.628. The van der Waals surface area contributed by atoms with Crippen molar-refractivity contribution in [1.82, 2.24) is 5.32 Å². The fourth-order valence-electron chi connectivity index (χ4n) is 11.6. The van der Waals surface area contributed by atoms with Gasteiger partial charge >= 0.3 is 5.97 Å². The molecule has 6 nitrogen and oxygen atoms in total. The fourth-order valence-corrected chi connectivity index (χ4v) is 11.6. The summed E-state index contributed by atoms with van der Waals surface area (Å²) < 4.78 is 5.50. The maximum absolute atomic E-state index is 12.5. The van der Waals surface area contributed by atoms with E-state index in [9.17, 15) is 19.8 Å². The molecule has 0 fully saturated rings. The SMILES string of the molecule is CCCCCCCCC/C=C\CCCCCCCC(=O)OCCCCCCCCCCCCCCCCCCCCCCCCCCCC(=O)NC(CO)C(O)/C=C/CCCCCCCCCCCCCCCCCCCCCC. The van der Waals surface area contributed by atoms with Crippen LogP contribution in [0.15, 0.2) is 24.3 Å². The number of nitrogens with one attached hydrogen (secondary N) is 1. The monoisotopic (exact) mass is 1130 g/mol. The molecule has 80 heavy (non-hydrogen) atoms. The predicted octanol–water partition coefficient (Wildman–Crippen LogP) is 23.7. The molecule has 0 aliphatic heterocycles. The first kappa shape index (κ1) is 78.3. The first-order valence-corrected chi connectivity index (χ1v) is 36.6. The minimum atomic E-state index is -0.844. The van der Waals surface area contributed by atoms with E-state index in [1.807, 2.05) is 6.08 Å². The summed E-state index contributed by atoms with van der Waals surface area (Å²) in [7, 11) is 0. The van der Waals surface area contributed by atoms with Crippen molar-refractivity contribution in [2.75, 3.05) is 13.2 Å². The summed E-state index contributed by atoms with van der Waals surface area (Å²) in [4.78, 5) is 24.6. The number of ether oxygens (including phenoxy) is 1. The van der Waals surface area contributed by atoms with Gasteiger partial charge in [-0.05, 0) is 57.8 Å². The fraction of sp³-hybridized carbons (Fsp3) is 0.919. The highest BCUT2D eigenvalue weighted by Gasteiger charge is 2.18. The van der Waals surface area contributed by atoms with Crippen LogP contribution in [0, 0.1) is 0 Å². The minimum absolute atomic E-state index is 0.00951. The second kappa shape index (κ2) is 69.8. The quantitative estimate of drug-likeness (QED) is 0.0320. The van der Waals surface area contributed by atoms with Crippen molar-refractivity contribution in [2.24, 2.45) is 0 Å². The van der Waals surface area contributed by atoms with Crippen LogP contribution in [0.4, 0.5) is 0 Å². The number of rotatable bonds is 69. The molecule has 0 spiro atoms. The molecule has 474 valence electrons. The standard InChI is InChI=1S/C74H143NO5/c1-3-5-7-9-11-13-15-17-19-21-22-23-29-32-35-38-42-46-50-54-58-62-66-72(77)71(70-76)75-73(78)67-63-59-55-51-47-43-39-36-33-30-27-25-24-26-28-31-34-37-41-45-49-53-57-61-65-69-80-74(79)68-64-60-56-52-48-44-40-20-18-16-14-12-10-8-6-4-2/h20,40,62,66,71-72,76-77H,3-19,21-39,41-61,63-65,67-70H2,1-2H3,(H,75,78)/b40-20-,66-62+. The van der Waals surface area contributed by atoms with Gasteiger partial charge in [-0.15, -0.1) is 0 Å². The molecular formula is C74H143NO5. The maximum atomic E-state index is 12.5. The van der Waals surface area contributed by atoms with Gasteiger partial charge in [0.1, 0.15) is 0 Å². The molecule has 6 heteroatoms. The van der Waals surface area contributed by atoms with Gasteiger partial charge in [0.05, 0.1) is 25.4 Å². The highest BCUT2D eigenvalue weighted by Crippen LogP contribution is 2.19. The molecule has 1 amide bonds. The molecule has 0 saturated carbocycles. The molecule has 0 rings (SSSR count). The number of carbonyl (C=O) groups is 2. The Labute approximate surface area is 501 Å². The van der Waals surface area contributed by atoms with Crippen LogP contribution in [-0.2, 0) is 14.3 Å². The van der Waals surface area contributed by atoms with E-state index in [1.54, 1.807) is 6.08 Å². The molecule has 0 aliphatic rings. The normalized spacial score (nSPS) is 12.6. The molecule has 2 unspecified atom stereocenters. The number of allylic oxidation sites excluding steroid dienone is 3. The Morgan fingerprint density at radius 1 is 0.338 bits per heavy atom. The molecule has 0 aromatic carbocycles. The Morgan fingerprint density at radius 2 is 0.588 bits per heavy atom. The smallest absolute Gasteiger partial charge is 0.305 e. The molecule has 0 aliphatic carbocycles. The number of unbranched alkanes of at least 4 members (excludes halogenated alkanes) is 56. The average Bonchev–Trinajstić information content (AvgIpc) is 3.46. The van der Waals surface area contributed by atoms with Crippen molar-refractivity contribution in [1.29, 1.82) is 0 Å². The molecule has 0 bridgehead atoms. The number of aliphatic hydroxyl groups excluding tert-OH is 2. The summed E-state index contributed by atoms with van der Waals surface area (Å²) in [6.45, 7) is 4.94. The number of esters is 1. The van der Waals surface area contributed by atoms with E-state index in [0.717, 1.165) is 44.9 Å². The van der Waals surface area contributed by atoms with Gasteiger partial charge in [0, 0.05) is 12.8 Å². The molecule has 0 aromatic rings. The number of carbonyl (C=O) groups excluding carboxylic acids is 2. The Balaban J connectivity index is 3.38. The van der Waals surface area contributed by atoms with E-state index in [4.69, 9.17) is 4.74 Å². The molecule has 3 N–H and O–H groups in total. The zero-order valence-corrected chi connectivity index (χ0v) is 54.3. The lowest BCUT2D eigenvalue weighted by Gasteiger charge is -2.20. The van der Waals surface area contributed by atoms with Gasteiger partial charge in [-0.3, -0.25) is 9.59 Å². The molecule has 0 radical (unpaired) electrons. The van der Waals surface area contributed by atoms with E-state index >= 15 is 0 Å². The number of hydrogen-bond donors (Lipinski definition) is 3. The van der Waals surface area contributed by atoms with Crippen molar-refractivity contribution in [3.63, 3.8) is 0 Å². The van der Waals surface area contributed by atoms with Crippen LogP contribution in [0.1, 0.15) is 412 Å². The highest BCUT2D eigenvalue weighted by molar-refractivity contribution is 5.76. The molecule has 2 atom stereocenters. The van der Waals surface area contributed by atoms with Crippen LogP contribution in [0.2, 0.25) is 0 Å². The lowest BCUT2D eigenvalue weighted by Crippen LogP contribution is -2.45. The molecular weight excluding hydrogens is 983 g/mol. The Morgan fingerprint density at radius 3 is 0.887 bits per heavy atom. The third-order valence-electron chi connectivity index (χ3n) is 17.2. The summed E-state index contributed by atoms with van der Waals surface area (Å²) in [6.07, 6.45) is 88.3. The topological polar surface area (TPSA) is 95.9 Å². The van der Waals surface area contributed by atoms with Crippen LogP contribution in [0.5, 0.6) is 0 Å². The van der Waals surface area contributed by atoms with Crippen molar-refractivity contribution in [3.05, 3.63) is 24.3 Å². The second-order valence-corrected chi connectivity index (χ2v) is 25.3. The van der Waals surface area contributed by atoms with Crippen molar-refractivity contribution >= 4 is 11.9 Å². The van der Waals surface area contributed by atoms with E-state index < -0.39 is 12.1 Å². The van der Waals surface area contributed by atoms with Crippen LogP contribution in [0.3, 0.4) is 0 Å². The molecule has 0 saturated heterocycles. The van der Waals surface area contributed by atoms with Crippen LogP contribution in [0.25, 0.3) is 0 Å². The molecule has 0 heterocycles. The van der Waals surface area contributed by atoms with Gasteiger partial charge in [0.25, 0.3) is 0 Å². The van der Waals surface area contributed by atoms with Gasteiger partial charge < -0.3 is 20.3 Å². The lowest BCUT2D eigenvalue weighted by molar-refractivity contribution is -0.143. The largest absolute Gasteiger partial charge is 0.466 e. The Kier molecular flexibility index (Phi) is 68.4. The Bertz CT molecular complexity index is 1250. The van der Waals surface area contributed by atoms with Crippen LogP contribution >= 0.6 is 0 Å². The number of aliphatic hydroxyl groups is 2. The minimum Gasteiger partial charge on any atom is -0.466 e. The maximum Gasteiger partial charge on any atom is 0.305 e. The number of hydrogen-bond acceptors (Lipinski definition) is 5. The van der Waals surface area contributed by atoms with Crippen molar-refractivity contribution in [2.45, 2.75) is 424 Å². The first-order valence-electron chi connectivity index (χ1n) is 36.6. The van der Waals surface area contributed by atoms with Crippen LogP contribution < -0.4 is 5.32 Å². The van der Waals surface area contributed by atoms with Crippen LogP contribution in [-0.4, -0.2) is 47.4 Å². The third kappa shape index (κ3) is 65.5. The van der Waals surface area contributed by atoms with E-state index in [0.29, 0.717) is 19.4 Å². The van der Waals surface area contributed by atoms with E-state index in [1.165, 1.54) is 340 Å². The van der Waals surface area contributed by atoms with Gasteiger partial charge in [0.15, 0.2) is 0 Å². The second-order valence-electron chi connectivity index (χ2n) is 25.3. The van der Waals surface area contributed by atoms with E-state index in [2.05, 4.69) is 31.3 Å². The zero-order valence-electron chi connectivity index (χ0n) is 54.3. The predicted molar refractivity (Wildman–Crippen MR) is 352 cm³/mol. The number of amides is 1. The lowest BCUT2D eigenvalue weighted by atomic mass is 10.0.